The lowest BCUT2D eigenvalue weighted by atomic mass is 10.1. The molecule has 12 heavy (non-hydrogen) atoms. The normalized spacial score (nSPS) is 11.4. The third-order valence-electron chi connectivity index (χ3n) is 1.63. The zero-order chi connectivity index (χ0) is 9.40. The Morgan fingerprint density at radius 1 is 1.33 bits per heavy atom. The smallest absolute Gasteiger partial charge is 0.330 e. The van der Waals surface area contributed by atoms with Crippen molar-refractivity contribution in [3.63, 3.8) is 0 Å². The number of carbonyl (C=O) groups is 1. The molecular weight excluding hydrogens is 152 g/mol. The average Bonchev–Trinajstić information content (AvgIpc) is 2.04. The number of carbonyl (C=O) groups excluding carboxylic acids is 1. The minimum atomic E-state index is -0.206. The van der Waals surface area contributed by atoms with E-state index in [0.717, 1.165) is 19.3 Å². The van der Waals surface area contributed by atoms with E-state index in [1.54, 1.807) is 6.08 Å². The summed E-state index contributed by atoms with van der Waals surface area (Å²) in [6.45, 7) is 6.44. The van der Waals surface area contributed by atoms with Crippen LogP contribution in [0, 0.1) is 0 Å². The molecule has 0 fully saturated rings. The third kappa shape index (κ3) is 4.94. The molecular formula is C10H18O2. The molecule has 70 valence electrons. The predicted molar refractivity (Wildman–Crippen MR) is 49.9 cm³/mol. The van der Waals surface area contributed by atoms with Crippen LogP contribution >= 0.6 is 0 Å². The highest BCUT2D eigenvalue weighted by atomic mass is 16.5. The largest absolute Gasteiger partial charge is 0.463 e. The number of ether oxygens (including phenoxy) is 1. The van der Waals surface area contributed by atoms with Crippen LogP contribution in [-0.4, -0.2) is 12.6 Å². The first-order valence-corrected chi connectivity index (χ1v) is 4.60. The monoisotopic (exact) mass is 170 g/mol. The lowest BCUT2D eigenvalue weighted by Gasteiger charge is -2.01. The summed E-state index contributed by atoms with van der Waals surface area (Å²) in [4.78, 5) is 11.0. The summed E-state index contributed by atoms with van der Waals surface area (Å²) in [6.07, 6.45) is 4.63. The molecule has 0 saturated heterocycles. The summed E-state index contributed by atoms with van der Waals surface area (Å²) in [6, 6.07) is 0. The summed E-state index contributed by atoms with van der Waals surface area (Å²) in [5.41, 5.74) is 1.18. The molecule has 0 N–H and O–H groups in total. The predicted octanol–water partition coefficient (Wildman–Crippen LogP) is 2.69. The number of hydrogen-bond donors (Lipinski definition) is 0. The Hall–Kier alpha value is -0.790. The maximum atomic E-state index is 11.0. The molecule has 0 aromatic carbocycles. The molecule has 0 unspecified atom stereocenters. The van der Waals surface area contributed by atoms with Gasteiger partial charge in [0.25, 0.3) is 0 Å². The Morgan fingerprint density at radius 2 is 2.00 bits per heavy atom. The number of allylic oxidation sites excluding steroid dienone is 1. The van der Waals surface area contributed by atoms with E-state index in [0.29, 0.717) is 6.61 Å². The van der Waals surface area contributed by atoms with Crippen LogP contribution in [0.2, 0.25) is 0 Å². The molecule has 0 rings (SSSR count). The Balaban J connectivity index is 3.98. The number of rotatable bonds is 5. The molecule has 0 aliphatic heterocycles. The van der Waals surface area contributed by atoms with Crippen molar-refractivity contribution >= 4 is 5.97 Å². The second-order valence-electron chi connectivity index (χ2n) is 2.66. The van der Waals surface area contributed by atoms with Crippen LogP contribution in [0.1, 0.15) is 40.0 Å². The van der Waals surface area contributed by atoms with Gasteiger partial charge in [-0.05, 0) is 19.8 Å². The van der Waals surface area contributed by atoms with E-state index in [2.05, 4.69) is 13.8 Å². The first-order valence-electron chi connectivity index (χ1n) is 4.60. The van der Waals surface area contributed by atoms with E-state index in [9.17, 15) is 4.79 Å². The van der Waals surface area contributed by atoms with Gasteiger partial charge in [0.05, 0.1) is 6.61 Å². The van der Waals surface area contributed by atoms with Crippen LogP contribution in [0.5, 0.6) is 0 Å². The molecule has 0 saturated carbocycles. The molecule has 0 bridgehead atoms. The van der Waals surface area contributed by atoms with Crippen molar-refractivity contribution in [3.8, 4) is 0 Å². The molecule has 0 aromatic heterocycles. The van der Waals surface area contributed by atoms with E-state index >= 15 is 0 Å². The van der Waals surface area contributed by atoms with Gasteiger partial charge >= 0.3 is 5.97 Å². The van der Waals surface area contributed by atoms with Gasteiger partial charge in [0, 0.05) is 6.08 Å². The Morgan fingerprint density at radius 3 is 2.42 bits per heavy atom. The van der Waals surface area contributed by atoms with Gasteiger partial charge in [-0.2, -0.15) is 0 Å². The molecule has 0 aliphatic carbocycles. The van der Waals surface area contributed by atoms with Crippen molar-refractivity contribution in [2.24, 2.45) is 0 Å². The quantitative estimate of drug-likeness (QED) is 0.468. The lowest BCUT2D eigenvalue weighted by molar-refractivity contribution is -0.137. The zero-order valence-electron chi connectivity index (χ0n) is 8.22. The van der Waals surface area contributed by atoms with Gasteiger partial charge < -0.3 is 4.74 Å². The van der Waals surface area contributed by atoms with E-state index in [1.807, 2.05) is 6.92 Å². The van der Waals surface area contributed by atoms with Gasteiger partial charge in [-0.1, -0.05) is 25.8 Å². The van der Waals surface area contributed by atoms with E-state index in [-0.39, 0.29) is 5.97 Å². The fourth-order valence-corrected chi connectivity index (χ4v) is 1.02. The number of hydrogen-bond acceptors (Lipinski definition) is 2. The second-order valence-corrected chi connectivity index (χ2v) is 2.66. The number of esters is 1. The molecule has 0 aliphatic rings. The zero-order valence-corrected chi connectivity index (χ0v) is 8.22. The Bertz CT molecular complexity index is 159. The Kier molecular flexibility index (Phi) is 6.44. The summed E-state index contributed by atoms with van der Waals surface area (Å²) in [7, 11) is 0. The second kappa shape index (κ2) is 6.89. The molecule has 0 aromatic rings. The first kappa shape index (κ1) is 11.2. The highest BCUT2D eigenvalue weighted by Gasteiger charge is 1.98. The molecule has 0 spiro atoms. The molecule has 0 amide bonds. The van der Waals surface area contributed by atoms with E-state index in [4.69, 9.17) is 4.74 Å². The topological polar surface area (TPSA) is 26.3 Å². The van der Waals surface area contributed by atoms with E-state index in [1.165, 1.54) is 5.57 Å². The van der Waals surface area contributed by atoms with Gasteiger partial charge in [-0.3, -0.25) is 0 Å². The fraction of sp³-hybridized carbons (Fsp3) is 0.700. The van der Waals surface area contributed by atoms with Crippen LogP contribution < -0.4 is 0 Å². The third-order valence-corrected chi connectivity index (χ3v) is 1.63. The van der Waals surface area contributed by atoms with Crippen molar-refractivity contribution in [2.75, 3.05) is 6.61 Å². The van der Waals surface area contributed by atoms with Gasteiger partial charge in [0.1, 0.15) is 0 Å². The van der Waals surface area contributed by atoms with Gasteiger partial charge in [0.15, 0.2) is 0 Å². The highest BCUT2D eigenvalue weighted by Crippen LogP contribution is 2.08. The van der Waals surface area contributed by atoms with Crippen LogP contribution in [0.3, 0.4) is 0 Å². The van der Waals surface area contributed by atoms with Crippen LogP contribution in [0.25, 0.3) is 0 Å². The average molecular weight is 170 g/mol. The molecule has 0 heterocycles. The summed E-state index contributed by atoms with van der Waals surface area (Å²) in [5, 5.41) is 0. The van der Waals surface area contributed by atoms with Crippen molar-refractivity contribution in [2.45, 2.75) is 40.0 Å². The van der Waals surface area contributed by atoms with Gasteiger partial charge in [-0.25, -0.2) is 4.79 Å². The minimum absolute atomic E-state index is 0.206. The van der Waals surface area contributed by atoms with E-state index < -0.39 is 0 Å². The van der Waals surface area contributed by atoms with Crippen molar-refractivity contribution < 1.29 is 9.53 Å². The van der Waals surface area contributed by atoms with Crippen molar-refractivity contribution in [1.29, 1.82) is 0 Å². The molecule has 2 nitrogen and oxygen atoms in total. The fourth-order valence-electron chi connectivity index (χ4n) is 1.02. The maximum absolute atomic E-state index is 11.0. The maximum Gasteiger partial charge on any atom is 0.330 e. The lowest BCUT2D eigenvalue weighted by Crippen LogP contribution is -2.00. The minimum Gasteiger partial charge on any atom is -0.463 e. The van der Waals surface area contributed by atoms with Gasteiger partial charge in [-0.15, -0.1) is 0 Å². The SMILES string of the molecule is CCC/C(=C\C(=O)OCC)CC. The highest BCUT2D eigenvalue weighted by molar-refractivity contribution is 5.82. The summed E-state index contributed by atoms with van der Waals surface area (Å²) < 4.78 is 4.81. The Labute approximate surface area is 74.6 Å². The summed E-state index contributed by atoms with van der Waals surface area (Å²) >= 11 is 0. The first-order chi connectivity index (χ1) is 5.74. The molecule has 2 heteroatoms. The van der Waals surface area contributed by atoms with Crippen molar-refractivity contribution in [1.82, 2.24) is 0 Å². The van der Waals surface area contributed by atoms with Crippen LogP contribution in [0.4, 0.5) is 0 Å². The van der Waals surface area contributed by atoms with Crippen molar-refractivity contribution in [3.05, 3.63) is 11.6 Å². The van der Waals surface area contributed by atoms with Gasteiger partial charge in [0.2, 0.25) is 0 Å². The van der Waals surface area contributed by atoms with Crippen LogP contribution in [-0.2, 0) is 9.53 Å². The molecule has 0 atom stereocenters. The summed E-state index contributed by atoms with van der Waals surface area (Å²) in [5.74, 6) is -0.206. The van der Waals surface area contributed by atoms with Crippen LogP contribution in [0.15, 0.2) is 11.6 Å². The molecule has 0 radical (unpaired) electrons. The standard InChI is InChI=1S/C10H18O2/c1-4-7-9(5-2)8-10(11)12-6-3/h8H,4-7H2,1-3H3/b9-8-.